The highest BCUT2D eigenvalue weighted by Crippen LogP contribution is 2.10. The van der Waals surface area contributed by atoms with Crippen LogP contribution in [0.15, 0.2) is 18.2 Å². The first-order valence-corrected chi connectivity index (χ1v) is 9.04. The largest absolute Gasteiger partial charge is 0.480 e. The van der Waals surface area contributed by atoms with Crippen molar-refractivity contribution in [1.29, 1.82) is 0 Å². The summed E-state index contributed by atoms with van der Waals surface area (Å²) < 4.78 is 0. The van der Waals surface area contributed by atoms with Gasteiger partial charge in [-0.05, 0) is 19.1 Å². The molecule has 2 bridgehead atoms. The van der Waals surface area contributed by atoms with Crippen LogP contribution in [0.2, 0.25) is 0 Å². The summed E-state index contributed by atoms with van der Waals surface area (Å²) in [5.74, 6) is -2.91. The topological polar surface area (TPSA) is 135 Å². The molecular formula is C18H26N4O6. The van der Waals surface area contributed by atoms with E-state index >= 15 is 0 Å². The molecule has 0 saturated carbocycles. The van der Waals surface area contributed by atoms with Gasteiger partial charge in [-0.25, -0.2) is 0 Å². The molecule has 3 N–H and O–H groups in total. The summed E-state index contributed by atoms with van der Waals surface area (Å²) in [6.07, 6.45) is 0. The maximum absolute atomic E-state index is 11.5. The lowest BCUT2D eigenvalue weighted by Gasteiger charge is -2.32. The number of aliphatic carboxylic acids is 3. The smallest absolute Gasteiger partial charge is 0.320 e. The fraction of sp³-hybridized carbons (Fsp3) is 0.556. The van der Waals surface area contributed by atoms with Gasteiger partial charge < -0.3 is 15.3 Å². The molecule has 2 rings (SSSR count). The lowest BCUT2D eigenvalue weighted by atomic mass is 10.2. The standard InChI is InChI=1S/C18H26N4O6/c1-13(18(27)28)22-7-5-20(11-16(23)24)9-14-3-2-4-15(19-14)10-21(6-8-22)12-17(25)26/h2-4,13H,5-12H2,1H3,(H,23,24)(H,25,26)(H,27,28). The van der Waals surface area contributed by atoms with Crippen molar-refractivity contribution in [2.45, 2.75) is 26.1 Å². The molecular weight excluding hydrogens is 368 g/mol. The lowest BCUT2D eigenvalue weighted by Crippen LogP contribution is -2.48. The second-order valence-corrected chi connectivity index (χ2v) is 6.88. The molecule has 0 amide bonds. The molecule has 1 aliphatic rings. The summed E-state index contributed by atoms with van der Waals surface area (Å²) in [4.78, 5) is 43.6. The summed E-state index contributed by atoms with van der Waals surface area (Å²) >= 11 is 0. The van der Waals surface area contributed by atoms with Gasteiger partial charge in [0.1, 0.15) is 6.04 Å². The molecule has 28 heavy (non-hydrogen) atoms. The van der Waals surface area contributed by atoms with Crippen LogP contribution in [0.1, 0.15) is 18.3 Å². The van der Waals surface area contributed by atoms with Crippen LogP contribution in [0.5, 0.6) is 0 Å². The zero-order valence-corrected chi connectivity index (χ0v) is 15.8. The number of nitrogens with zero attached hydrogens (tertiary/aromatic N) is 4. The Bertz CT molecular complexity index is 668. The van der Waals surface area contributed by atoms with Gasteiger partial charge in [-0.2, -0.15) is 0 Å². The average Bonchev–Trinajstić information content (AvgIpc) is 2.59. The Morgan fingerprint density at radius 1 is 0.929 bits per heavy atom. The predicted molar refractivity (Wildman–Crippen MR) is 98.7 cm³/mol. The number of pyridine rings is 1. The zero-order valence-electron chi connectivity index (χ0n) is 15.8. The Labute approximate surface area is 163 Å². The van der Waals surface area contributed by atoms with Crippen LogP contribution in [0.4, 0.5) is 0 Å². The van der Waals surface area contributed by atoms with E-state index in [1.54, 1.807) is 33.8 Å². The Morgan fingerprint density at radius 2 is 1.39 bits per heavy atom. The first kappa shape index (κ1) is 21.7. The molecule has 10 nitrogen and oxygen atoms in total. The molecule has 154 valence electrons. The summed E-state index contributed by atoms with van der Waals surface area (Å²) in [5.41, 5.74) is 1.37. The van der Waals surface area contributed by atoms with Crippen molar-refractivity contribution in [3.63, 3.8) is 0 Å². The van der Waals surface area contributed by atoms with Gasteiger partial charge in [0, 0.05) is 39.3 Å². The third kappa shape index (κ3) is 6.87. The average molecular weight is 394 g/mol. The number of carboxylic acid groups (broad SMARTS) is 3. The molecule has 1 unspecified atom stereocenters. The van der Waals surface area contributed by atoms with Gasteiger partial charge in [-0.1, -0.05) is 6.07 Å². The molecule has 0 saturated heterocycles. The van der Waals surface area contributed by atoms with Gasteiger partial charge >= 0.3 is 17.9 Å². The molecule has 1 aromatic heterocycles. The van der Waals surface area contributed by atoms with Gasteiger partial charge in [0.2, 0.25) is 0 Å². The molecule has 1 aliphatic heterocycles. The van der Waals surface area contributed by atoms with Gasteiger partial charge in [0.05, 0.1) is 24.5 Å². The maximum Gasteiger partial charge on any atom is 0.320 e. The Hall–Kier alpha value is -2.56. The first-order valence-electron chi connectivity index (χ1n) is 9.04. The Morgan fingerprint density at radius 3 is 1.79 bits per heavy atom. The summed E-state index contributed by atoms with van der Waals surface area (Å²) in [6.45, 7) is 3.26. The van der Waals surface area contributed by atoms with Crippen LogP contribution in [0.25, 0.3) is 0 Å². The minimum atomic E-state index is -0.978. The van der Waals surface area contributed by atoms with Crippen molar-refractivity contribution in [1.82, 2.24) is 19.7 Å². The predicted octanol–water partition coefficient (Wildman–Crippen LogP) is -0.356. The van der Waals surface area contributed by atoms with Gasteiger partial charge in [0.25, 0.3) is 0 Å². The monoisotopic (exact) mass is 394 g/mol. The molecule has 0 aromatic carbocycles. The Balaban J connectivity index is 2.29. The van der Waals surface area contributed by atoms with E-state index in [1.165, 1.54) is 0 Å². The second kappa shape index (κ2) is 10.1. The fourth-order valence-electron chi connectivity index (χ4n) is 3.17. The van der Waals surface area contributed by atoms with Crippen molar-refractivity contribution in [3.8, 4) is 0 Å². The summed E-state index contributed by atoms with van der Waals surface area (Å²) in [5, 5.41) is 27.7. The lowest BCUT2D eigenvalue weighted by molar-refractivity contribution is -0.144. The second-order valence-electron chi connectivity index (χ2n) is 6.88. The van der Waals surface area contributed by atoms with Crippen LogP contribution in [-0.2, 0) is 27.5 Å². The Kier molecular flexibility index (Phi) is 7.85. The summed E-state index contributed by atoms with van der Waals surface area (Å²) in [7, 11) is 0. The minimum absolute atomic E-state index is 0.174. The van der Waals surface area contributed by atoms with Crippen molar-refractivity contribution >= 4 is 17.9 Å². The van der Waals surface area contributed by atoms with Crippen molar-refractivity contribution < 1.29 is 29.7 Å². The fourth-order valence-corrected chi connectivity index (χ4v) is 3.17. The van der Waals surface area contributed by atoms with E-state index in [0.717, 1.165) is 0 Å². The number of aromatic nitrogens is 1. The normalized spacial score (nSPS) is 18.6. The molecule has 0 fully saturated rings. The number of carbonyl (C=O) groups is 3. The minimum Gasteiger partial charge on any atom is -0.480 e. The van der Waals surface area contributed by atoms with E-state index in [1.807, 2.05) is 6.07 Å². The maximum atomic E-state index is 11.5. The van der Waals surface area contributed by atoms with E-state index < -0.39 is 23.9 Å². The molecule has 0 aliphatic carbocycles. The molecule has 0 spiro atoms. The highest BCUT2D eigenvalue weighted by Gasteiger charge is 2.24. The summed E-state index contributed by atoms with van der Waals surface area (Å²) in [6, 6.07) is 4.64. The van der Waals surface area contributed by atoms with Crippen molar-refractivity contribution in [2.24, 2.45) is 0 Å². The number of hydrogen-bond acceptors (Lipinski definition) is 7. The number of carboxylic acids is 3. The van der Waals surface area contributed by atoms with Gasteiger partial charge in [-0.15, -0.1) is 0 Å². The van der Waals surface area contributed by atoms with E-state index in [0.29, 0.717) is 50.7 Å². The molecule has 10 heteroatoms. The van der Waals surface area contributed by atoms with Crippen LogP contribution in [-0.4, -0.2) is 98.2 Å². The number of fused-ring (bicyclic) bond motifs is 2. The molecule has 2 heterocycles. The third-order valence-electron chi connectivity index (χ3n) is 4.67. The van der Waals surface area contributed by atoms with Crippen molar-refractivity contribution in [3.05, 3.63) is 29.6 Å². The third-order valence-corrected chi connectivity index (χ3v) is 4.67. The van der Waals surface area contributed by atoms with Crippen LogP contribution in [0, 0.1) is 0 Å². The molecule has 1 aromatic rings. The highest BCUT2D eigenvalue weighted by molar-refractivity contribution is 5.73. The van der Waals surface area contributed by atoms with Gasteiger partial charge in [0.15, 0.2) is 0 Å². The molecule has 0 radical (unpaired) electrons. The van der Waals surface area contributed by atoms with E-state index in [-0.39, 0.29) is 13.1 Å². The number of rotatable bonds is 6. The number of hydrogen-bond donors (Lipinski definition) is 3. The van der Waals surface area contributed by atoms with Crippen LogP contribution in [0.3, 0.4) is 0 Å². The van der Waals surface area contributed by atoms with E-state index in [2.05, 4.69) is 4.98 Å². The molecule has 1 atom stereocenters. The van der Waals surface area contributed by atoms with Gasteiger partial charge in [-0.3, -0.25) is 34.1 Å². The van der Waals surface area contributed by atoms with Crippen LogP contribution >= 0.6 is 0 Å². The van der Waals surface area contributed by atoms with E-state index in [9.17, 15) is 29.7 Å². The van der Waals surface area contributed by atoms with E-state index in [4.69, 9.17) is 0 Å². The highest BCUT2D eigenvalue weighted by atomic mass is 16.4. The zero-order chi connectivity index (χ0) is 20.7. The first-order chi connectivity index (χ1) is 13.2. The van der Waals surface area contributed by atoms with Crippen LogP contribution < -0.4 is 0 Å². The van der Waals surface area contributed by atoms with Crippen molar-refractivity contribution in [2.75, 3.05) is 39.3 Å². The SMILES string of the molecule is CC(C(=O)O)N1CCN(CC(=O)O)Cc2cccc(n2)CN(CC(=O)O)CC1. The quantitative estimate of drug-likeness (QED) is 0.587.